The maximum absolute atomic E-state index is 15.2. The van der Waals surface area contributed by atoms with Crippen molar-refractivity contribution in [1.29, 1.82) is 0 Å². The topological polar surface area (TPSA) is 113 Å². The van der Waals surface area contributed by atoms with Gasteiger partial charge in [0.1, 0.15) is 0 Å². The highest BCUT2D eigenvalue weighted by Gasteiger charge is 2.47. The van der Waals surface area contributed by atoms with Gasteiger partial charge in [0.2, 0.25) is 5.91 Å². The highest BCUT2D eigenvalue weighted by atomic mass is 35.5. The number of likely N-dealkylation sites (tertiary alicyclic amines) is 1. The molecule has 2 N–H and O–H groups in total. The fourth-order valence-electron chi connectivity index (χ4n) is 7.40. The third kappa shape index (κ3) is 10.9. The SMILES string of the molecule is CC1(c2cc(Cl)c(Cl)c(Cl)c2)CC(c2ccc(C3(F)CNC3)cc2)=NO1.CCCC(=O)N1CC(F)(c2ccc(C3=NOC(C)(c4cc(Cl)c(Cl)c(Cl)c4)C3)cc2)C1.CCCC(=O)O. The summed E-state index contributed by atoms with van der Waals surface area (Å²) in [6, 6.07) is 21.5. The average Bonchev–Trinajstić information content (AvgIpc) is 3.84. The summed E-state index contributed by atoms with van der Waals surface area (Å²) in [6.45, 7) is 8.52. The Morgan fingerprint density at radius 1 is 0.651 bits per heavy atom. The zero-order chi connectivity index (χ0) is 45.9. The Morgan fingerprint density at radius 3 is 1.35 bits per heavy atom. The molecule has 2 fully saturated rings. The number of carboxylic acids is 1. The van der Waals surface area contributed by atoms with Crippen molar-refractivity contribution in [1.82, 2.24) is 10.2 Å². The molecular weight excluding hydrogens is 939 g/mol. The minimum atomic E-state index is -1.50. The summed E-state index contributed by atoms with van der Waals surface area (Å²) < 4.78 is 29.6. The monoisotopic (exact) mass is 982 g/mol. The molecule has 2 saturated heterocycles. The van der Waals surface area contributed by atoms with Crippen LogP contribution in [0.25, 0.3) is 0 Å². The van der Waals surface area contributed by atoms with Crippen LogP contribution in [0.4, 0.5) is 8.78 Å². The third-order valence-electron chi connectivity index (χ3n) is 11.4. The summed E-state index contributed by atoms with van der Waals surface area (Å²) in [4.78, 5) is 34.5. The molecule has 0 radical (unpaired) electrons. The first kappa shape index (κ1) is 48.8. The lowest BCUT2D eigenvalue weighted by Gasteiger charge is -2.44. The first-order valence-electron chi connectivity index (χ1n) is 20.3. The van der Waals surface area contributed by atoms with Crippen molar-refractivity contribution in [2.75, 3.05) is 26.2 Å². The van der Waals surface area contributed by atoms with E-state index in [1.54, 1.807) is 41.3 Å². The van der Waals surface area contributed by atoms with Gasteiger partial charge in [-0.2, -0.15) is 0 Å². The normalized spacial score (nSPS) is 21.5. The van der Waals surface area contributed by atoms with Crippen LogP contribution in [-0.4, -0.2) is 59.5 Å². The predicted octanol–water partition coefficient (Wildman–Crippen LogP) is 12.8. The van der Waals surface area contributed by atoms with Gasteiger partial charge in [0.05, 0.1) is 54.6 Å². The second-order valence-electron chi connectivity index (χ2n) is 16.4. The van der Waals surface area contributed by atoms with E-state index in [2.05, 4.69) is 15.6 Å². The number of nitrogens with zero attached hydrogens (tertiary/aromatic N) is 3. The largest absolute Gasteiger partial charge is 0.481 e. The number of aliphatic carboxylic acids is 1. The molecule has 0 aromatic heterocycles. The number of hydrogen-bond donors (Lipinski definition) is 2. The number of rotatable bonds is 10. The molecule has 4 aliphatic heterocycles. The number of carboxylic acid groups (broad SMARTS) is 1. The molecule has 4 aromatic carbocycles. The molecule has 0 bridgehead atoms. The number of halogens is 8. The maximum atomic E-state index is 15.2. The molecule has 63 heavy (non-hydrogen) atoms. The van der Waals surface area contributed by atoms with E-state index in [0.29, 0.717) is 80.0 Å². The molecule has 2 unspecified atom stereocenters. The highest BCUT2D eigenvalue weighted by molar-refractivity contribution is 6.48. The summed E-state index contributed by atoms with van der Waals surface area (Å²) in [5.41, 5.74) is 1.92. The Morgan fingerprint density at radius 2 is 1.03 bits per heavy atom. The molecule has 2 atom stereocenters. The van der Waals surface area contributed by atoms with Gasteiger partial charge in [-0.1, -0.05) is 142 Å². The fourth-order valence-corrected chi connectivity index (χ4v) is 8.59. The Bertz CT molecular complexity index is 2370. The number of carbonyl (C=O) groups is 2. The van der Waals surface area contributed by atoms with Crippen molar-refractivity contribution in [3.63, 3.8) is 0 Å². The summed E-state index contributed by atoms with van der Waals surface area (Å²) in [7, 11) is 0. The minimum Gasteiger partial charge on any atom is -0.481 e. The molecule has 4 aromatic rings. The number of amides is 1. The van der Waals surface area contributed by atoms with Crippen molar-refractivity contribution in [2.24, 2.45) is 10.3 Å². The van der Waals surface area contributed by atoms with E-state index >= 15 is 4.39 Å². The molecule has 8 rings (SSSR count). The van der Waals surface area contributed by atoms with Gasteiger partial charge in [0.25, 0.3) is 0 Å². The smallest absolute Gasteiger partial charge is 0.303 e. The summed E-state index contributed by atoms with van der Waals surface area (Å²) >= 11 is 36.7. The average molecular weight is 986 g/mol. The number of oxime groups is 2. The summed E-state index contributed by atoms with van der Waals surface area (Å²) in [6.07, 6.45) is 3.29. The highest BCUT2D eigenvalue weighted by Crippen LogP contribution is 2.44. The van der Waals surface area contributed by atoms with E-state index in [0.717, 1.165) is 46.5 Å². The van der Waals surface area contributed by atoms with E-state index in [9.17, 15) is 14.0 Å². The molecule has 0 aliphatic carbocycles. The van der Waals surface area contributed by atoms with E-state index in [4.69, 9.17) is 84.4 Å². The van der Waals surface area contributed by atoms with Gasteiger partial charge >= 0.3 is 5.97 Å². The number of alkyl halides is 2. The van der Waals surface area contributed by atoms with Crippen molar-refractivity contribution >= 4 is 92.9 Å². The standard InChI is InChI=1S/C23H22Cl3FN2O2.C19H16Cl3FN2O.C4H8O2/c1-3-4-20(30)29-12-23(27,13-29)15-7-5-14(6-8-15)19-11-22(2,31-28-19)16-9-17(24)21(26)18(25)10-16;1-18(13-6-14(20)17(22)15(21)7-13)8-16(25-26-18)11-2-4-12(5-3-11)19(23)9-24-10-19;1-2-3-4(5)6/h5-10H,3-4,11-13H2,1-2H3;2-7,24H,8-10H2,1H3;2-3H2,1H3,(H,5,6). The van der Waals surface area contributed by atoms with E-state index in [1.165, 1.54) is 0 Å². The third-order valence-corrected chi connectivity index (χ3v) is 13.8. The lowest BCUT2D eigenvalue weighted by atomic mass is 9.85. The Labute approximate surface area is 395 Å². The van der Waals surface area contributed by atoms with Gasteiger partial charge in [-0.15, -0.1) is 0 Å². The zero-order valence-corrected chi connectivity index (χ0v) is 39.5. The zero-order valence-electron chi connectivity index (χ0n) is 34.9. The molecule has 1 amide bonds. The van der Waals surface area contributed by atoms with Crippen LogP contribution in [0.3, 0.4) is 0 Å². The lowest BCUT2D eigenvalue weighted by molar-refractivity contribution is -0.146. The predicted molar refractivity (Wildman–Crippen MR) is 247 cm³/mol. The molecule has 336 valence electrons. The number of nitrogens with one attached hydrogen (secondary N) is 1. The Balaban J connectivity index is 0.000000188. The molecule has 17 heteroatoms. The molecule has 0 spiro atoms. The molecule has 4 heterocycles. The second-order valence-corrected chi connectivity index (χ2v) is 18.8. The number of benzene rings is 4. The lowest BCUT2D eigenvalue weighted by Crippen LogP contribution is -2.58. The van der Waals surface area contributed by atoms with E-state index in [1.807, 2.05) is 64.1 Å². The van der Waals surface area contributed by atoms with Gasteiger partial charge < -0.3 is 25.0 Å². The minimum absolute atomic E-state index is 0.00606. The van der Waals surface area contributed by atoms with Gasteiger partial charge in [-0.05, 0) is 73.2 Å². The molecular formula is C46H46Cl6F2N4O5. The van der Waals surface area contributed by atoms with Crippen molar-refractivity contribution in [3.05, 3.63) is 136 Å². The Hall–Kier alpha value is -3.68. The number of carbonyl (C=O) groups excluding carboxylic acids is 1. The molecule has 0 saturated carbocycles. The van der Waals surface area contributed by atoms with Crippen LogP contribution in [0.2, 0.25) is 30.1 Å². The van der Waals surface area contributed by atoms with Crippen molar-refractivity contribution in [2.45, 2.75) is 88.8 Å². The van der Waals surface area contributed by atoms with E-state index < -0.39 is 28.5 Å². The van der Waals surface area contributed by atoms with Crippen LogP contribution >= 0.6 is 69.6 Å². The van der Waals surface area contributed by atoms with Crippen LogP contribution in [0, 0.1) is 0 Å². The van der Waals surface area contributed by atoms with Crippen LogP contribution in [0.1, 0.15) is 99.6 Å². The van der Waals surface area contributed by atoms with Gasteiger partial charge in [0, 0.05) is 49.9 Å². The first-order valence-corrected chi connectivity index (χ1v) is 22.6. The fraction of sp³-hybridized carbons (Fsp3) is 0.391. The quantitative estimate of drug-likeness (QED) is 0.153. The Kier molecular flexibility index (Phi) is 15.3. The van der Waals surface area contributed by atoms with Crippen molar-refractivity contribution < 1.29 is 33.2 Å². The van der Waals surface area contributed by atoms with Crippen LogP contribution in [-0.2, 0) is 41.8 Å². The van der Waals surface area contributed by atoms with Crippen LogP contribution < -0.4 is 5.32 Å². The summed E-state index contributed by atoms with van der Waals surface area (Å²) in [5.74, 6) is -0.705. The first-order chi connectivity index (χ1) is 29.7. The molecule has 9 nitrogen and oxygen atoms in total. The van der Waals surface area contributed by atoms with Gasteiger partial charge in [0.15, 0.2) is 22.5 Å². The second kappa shape index (κ2) is 19.8. The summed E-state index contributed by atoms with van der Waals surface area (Å²) in [5, 5.41) is 21.4. The van der Waals surface area contributed by atoms with Crippen LogP contribution in [0.15, 0.2) is 83.1 Å². The molecule has 4 aliphatic rings. The van der Waals surface area contributed by atoms with Gasteiger partial charge in [-0.3, -0.25) is 9.59 Å². The number of hydrogen-bond acceptors (Lipinski definition) is 7. The van der Waals surface area contributed by atoms with Crippen molar-refractivity contribution in [3.8, 4) is 0 Å². The maximum Gasteiger partial charge on any atom is 0.303 e. The van der Waals surface area contributed by atoms with E-state index in [-0.39, 0.29) is 19.0 Å². The van der Waals surface area contributed by atoms with Crippen LogP contribution in [0.5, 0.6) is 0 Å². The van der Waals surface area contributed by atoms with Gasteiger partial charge in [-0.25, -0.2) is 8.78 Å².